The highest BCUT2D eigenvalue weighted by Crippen LogP contribution is 2.32. The number of hydrogen-bond donors (Lipinski definition) is 1. The highest BCUT2D eigenvalue weighted by atomic mass is 16.5. The first kappa shape index (κ1) is 15.1. The SMILES string of the molecule is CCOc1ccc(OCC)c(/C(=C/C(=O)O)CC)c1. The predicted molar refractivity (Wildman–Crippen MR) is 74.7 cm³/mol. The van der Waals surface area contributed by atoms with Gasteiger partial charge in [0.2, 0.25) is 0 Å². The number of hydrogen-bond acceptors (Lipinski definition) is 3. The molecular weight excluding hydrogens is 244 g/mol. The molecule has 1 N–H and O–H groups in total. The summed E-state index contributed by atoms with van der Waals surface area (Å²) in [6, 6.07) is 5.47. The summed E-state index contributed by atoms with van der Waals surface area (Å²) in [4.78, 5) is 10.9. The van der Waals surface area contributed by atoms with Crippen LogP contribution >= 0.6 is 0 Å². The van der Waals surface area contributed by atoms with E-state index in [1.165, 1.54) is 6.08 Å². The molecule has 0 saturated heterocycles. The predicted octanol–water partition coefficient (Wildman–Crippen LogP) is 3.36. The topological polar surface area (TPSA) is 55.8 Å². The fraction of sp³-hybridized carbons (Fsp3) is 0.400. The van der Waals surface area contributed by atoms with Crippen molar-refractivity contribution in [2.45, 2.75) is 27.2 Å². The number of allylic oxidation sites excluding steroid dienone is 1. The van der Waals surface area contributed by atoms with Crippen LogP contribution in [0.25, 0.3) is 5.57 Å². The minimum atomic E-state index is -0.957. The van der Waals surface area contributed by atoms with E-state index in [9.17, 15) is 4.79 Å². The van der Waals surface area contributed by atoms with E-state index in [1.807, 2.05) is 39.0 Å². The molecule has 0 heterocycles. The molecule has 1 aromatic rings. The molecular formula is C15H20O4. The zero-order valence-corrected chi connectivity index (χ0v) is 11.6. The second-order valence-electron chi connectivity index (χ2n) is 3.89. The number of carbonyl (C=O) groups is 1. The van der Waals surface area contributed by atoms with Crippen molar-refractivity contribution in [1.82, 2.24) is 0 Å². The van der Waals surface area contributed by atoms with Crippen molar-refractivity contribution in [2.75, 3.05) is 13.2 Å². The first-order chi connectivity index (χ1) is 9.12. The third-order valence-corrected chi connectivity index (χ3v) is 2.59. The van der Waals surface area contributed by atoms with Gasteiger partial charge in [-0.05, 0) is 44.0 Å². The third-order valence-electron chi connectivity index (χ3n) is 2.59. The van der Waals surface area contributed by atoms with E-state index in [0.29, 0.717) is 31.1 Å². The number of carboxylic acids is 1. The quantitative estimate of drug-likeness (QED) is 0.767. The average Bonchev–Trinajstić information content (AvgIpc) is 2.38. The molecule has 0 bridgehead atoms. The van der Waals surface area contributed by atoms with Gasteiger partial charge >= 0.3 is 5.97 Å². The van der Waals surface area contributed by atoms with E-state index < -0.39 is 5.97 Å². The molecule has 0 aliphatic carbocycles. The number of aliphatic carboxylic acids is 1. The Morgan fingerprint density at radius 1 is 1.21 bits per heavy atom. The largest absolute Gasteiger partial charge is 0.494 e. The van der Waals surface area contributed by atoms with Gasteiger partial charge in [-0.25, -0.2) is 4.79 Å². The number of rotatable bonds is 7. The van der Waals surface area contributed by atoms with Gasteiger partial charge in [0.25, 0.3) is 0 Å². The molecule has 0 aliphatic heterocycles. The first-order valence-electron chi connectivity index (χ1n) is 6.45. The van der Waals surface area contributed by atoms with Crippen molar-refractivity contribution in [3.8, 4) is 11.5 Å². The minimum absolute atomic E-state index is 0.533. The highest BCUT2D eigenvalue weighted by molar-refractivity contribution is 5.91. The van der Waals surface area contributed by atoms with E-state index in [-0.39, 0.29) is 0 Å². The van der Waals surface area contributed by atoms with Crippen LogP contribution in [0, 0.1) is 0 Å². The lowest BCUT2D eigenvalue weighted by Crippen LogP contribution is -2.00. The summed E-state index contributed by atoms with van der Waals surface area (Å²) in [5, 5.41) is 8.92. The van der Waals surface area contributed by atoms with E-state index in [1.54, 1.807) is 0 Å². The van der Waals surface area contributed by atoms with Crippen molar-refractivity contribution in [3.05, 3.63) is 29.8 Å². The lowest BCUT2D eigenvalue weighted by molar-refractivity contribution is -0.131. The number of carboxylic acid groups (broad SMARTS) is 1. The Labute approximate surface area is 113 Å². The molecule has 0 aliphatic rings. The Morgan fingerprint density at radius 3 is 2.42 bits per heavy atom. The van der Waals surface area contributed by atoms with Gasteiger partial charge in [0, 0.05) is 11.6 Å². The van der Waals surface area contributed by atoms with Crippen LogP contribution in [0.15, 0.2) is 24.3 Å². The zero-order chi connectivity index (χ0) is 14.3. The van der Waals surface area contributed by atoms with Crippen molar-refractivity contribution < 1.29 is 19.4 Å². The Bertz CT molecular complexity index is 463. The zero-order valence-electron chi connectivity index (χ0n) is 11.6. The van der Waals surface area contributed by atoms with Crippen molar-refractivity contribution >= 4 is 11.5 Å². The third kappa shape index (κ3) is 4.32. The van der Waals surface area contributed by atoms with Gasteiger partial charge in [-0.15, -0.1) is 0 Å². The average molecular weight is 264 g/mol. The molecule has 1 rings (SSSR count). The maximum Gasteiger partial charge on any atom is 0.328 e. The van der Waals surface area contributed by atoms with Crippen LogP contribution in [-0.4, -0.2) is 24.3 Å². The molecule has 0 unspecified atom stereocenters. The first-order valence-corrected chi connectivity index (χ1v) is 6.45. The fourth-order valence-corrected chi connectivity index (χ4v) is 1.82. The summed E-state index contributed by atoms with van der Waals surface area (Å²) in [6.07, 6.45) is 1.83. The summed E-state index contributed by atoms with van der Waals surface area (Å²) in [7, 11) is 0. The Hall–Kier alpha value is -1.97. The molecule has 0 saturated carbocycles. The monoisotopic (exact) mass is 264 g/mol. The smallest absolute Gasteiger partial charge is 0.328 e. The van der Waals surface area contributed by atoms with Crippen LogP contribution in [0.1, 0.15) is 32.8 Å². The van der Waals surface area contributed by atoms with E-state index in [4.69, 9.17) is 14.6 Å². The Kier molecular flexibility index (Phi) is 5.93. The Morgan fingerprint density at radius 2 is 1.89 bits per heavy atom. The van der Waals surface area contributed by atoms with Crippen LogP contribution in [0.4, 0.5) is 0 Å². The highest BCUT2D eigenvalue weighted by Gasteiger charge is 2.11. The van der Waals surface area contributed by atoms with Gasteiger partial charge in [-0.1, -0.05) is 6.92 Å². The summed E-state index contributed by atoms with van der Waals surface area (Å²) in [5.74, 6) is 0.437. The Balaban J connectivity index is 3.25. The van der Waals surface area contributed by atoms with Crippen LogP contribution in [0.2, 0.25) is 0 Å². The molecule has 4 heteroatoms. The second kappa shape index (κ2) is 7.46. The summed E-state index contributed by atoms with van der Waals surface area (Å²) >= 11 is 0. The van der Waals surface area contributed by atoms with Gasteiger partial charge in [0.15, 0.2) is 0 Å². The molecule has 0 amide bonds. The van der Waals surface area contributed by atoms with Crippen LogP contribution in [0.5, 0.6) is 11.5 Å². The molecule has 1 aromatic carbocycles. The van der Waals surface area contributed by atoms with Gasteiger partial charge in [-0.3, -0.25) is 0 Å². The summed E-state index contributed by atoms with van der Waals surface area (Å²) in [5.41, 5.74) is 1.50. The molecule has 0 atom stereocenters. The molecule has 0 radical (unpaired) electrons. The van der Waals surface area contributed by atoms with Crippen LogP contribution < -0.4 is 9.47 Å². The number of benzene rings is 1. The van der Waals surface area contributed by atoms with Crippen LogP contribution in [0.3, 0.4) is 0 Å². The van der Waals surface area contributed by atoms with Gasteiger partial charge in [0.05, 0.1) is 13.2 Å². The minimum Gasteiger partial charge on any atom is -0.494 e. The van der Waals surface area contributed by atoms with Crippen molar-refractivity contribution in [1.29, 1.82) is 0 Å². The molecule has 0 fully saturated rings. The van der Waals surface area contributed by atoms with E-state index >= 15 is 0 Å². The maximum absolute atomic E-state index is 10.9. The van der Waals surface area contributed by atoms with E-state index in [2.05, 4.69) is 0 Å². The van der Waals surface area contributed by atoms with Crippen molar-refractivity contribution in [3.63, 3.8) is 0 Å². The normalized spacial score (nSPS) is 11.2. The summed E-state index contributed by atoms with van der Waals surface area (Å²) in [6.45, 7) is 6.82. The maximum atomic E-state index is 10.9. The fourth-order valence-electron chi connectivity index (χ4n) is 1.82. The molecule has 19 heavy (non-hydrogen) atoms. The molecule has 0 aromatic heterocycles. The lowest BCUT2D eigenvalue weighted by Gasteiger charge is -2.14. The standard InChI is InChI=1S/C15H20O4/c1-4-11(9-15(16)17)13-10-12(18-5-2)7-8-14(13)19-6-3/h7-10H,4-6H2,1-3H3,(H,16,17)/b11-9+. The van der Waals surface area contributed by atoms with Gasteiger partial charge in [0.1, 0.15) is 11.5 Å². The molecule has 104 valence electrons. The van der Waals surface area contributed by atoms with Crippen molar-refractivity contribution in [2.24, 2.45) is 0 Å². The summed E-state index contributed by atoms with van der Waals surface area (Å²) < 4.78 is 11.0. The second-order valence-corrected chi connectivity index (χ2v) is 3.89. The van der Waals surface area contributed by atoms with Crippen LogP contribution in [-0.2, 0) is 4.79 Å². The van der Waals surface area contributed by atoms with E-state index in [0.717, 1.165) is 11.1 Å². The van der Waals surface area contributed by atoms with Gasteiger partial charge < -0.3 is 14.6 Å². The lowest BCUT2D eigenvalue weighted by atomic mass is 10.0. The van der Waals surface area contributed by atoms with Gasteiger partial charge in [-0.2, -0.15) is 0 Å². The number of ether oxygens (including phenoxy) is 2. The molecule has 0 spiro atoms. The molecule has 4 nitrogen and oxygen atoms in total.